The molecule has 3 rings (SSSR count). The van der Waals surface area contributed by atoms with Crippen LogP contribution in [0.3, 0.4) is 0 Å². The summed E-state index contributed by atoms with van der Waals surface area (Å²) in [6.45, 7) is 2.00. The van der Waals surface area contributed by atoms with Crippen LogP contribution in [0.4, 0.5) is 13.2 Å². The molecule has 2 heterocycles. The van der Waals surface area contributed by atoms with Gasteiger partial charge in [-0.15, -0.1) is 0 Å². The highest BCUT2D eigenvalue weighted by molar-refractivity contribution is 7.98. The van der Waals surface area contributed by atoms with Gasteiger partial charge in [0.1, 0.15) is 0 Å². The van der Waals surface area contributed by atoms with E-state index in [-0.39, 0.29) is 0 Å². The highest BCUT2D eigenvalue weighted by Gasteiger charge is 2.35. The SMILES string of the molecule is CSc1ncc(CN2CCC(O)(c3ccc(C(F)(F)F)cc3)CC2)cn1. The van der Waals surface area contributed by atoms with Gasteiger partial charge in [0.25, 0.3) is 0 Å². The molecular formula is C18H20F3N3OS. The van der Waals surface area contributed by atoms with Crippen molar-refractivity contribution in [2.45, 2.75) is 36.3 Å². The zero-order valence-electron chi connectivity index (χ0n) is 14.3. The van der Waals surface area contributed by atoms with E-state index < -0.39 is 17.3 Å². The maximum Gasteiger partial charge on any atom is 0.416 e. The number of piperidine rings is 1. The minimum Gasteiger partial charge on any atom is -0.385 e. The number of rotatable bonds is 4. The van der Waals surface area contributed by atoms with Gasteiger partial charge in [0, 0.05) is 37.6 Å². The molecule has 0 spiro atoms. The lowest BCUT2D eigenvalue weighted by Crippen LogP contribution is -2.42. The van der Waals surface area contributed by atoms with Crippen molar-refractivity contribution in [3.05, 3.63) is 53.3 Å². The summed E-state index contributed by atoms with van der Waals surface area (Å²) in [7, 11) is 0. The summed E-state index contributed by atoms with van der Waals surface area (Å²) < 4.78 is 38.0. The maximum atomic E-state index is 12.7. The third kappa shape index (κ3) is 4.36. The van der Waals surface area contributed by atoms with Crippen LogP contribution < -0.4 is 0 Å². The van der Waals surface area contributed by atoms with Crippen molar-refractivity contribution in [1.82, 2.24) is 14.9 Å². The number of hydrogen-bond donors (Lipinski definition) is 1. The fraction of sp³-hybridized carbons (Fsp3) is 0.444. The first-order valence-electron chi connectivity index (χ1n) is 8.27. The predicted molar refractivity (Wildman–Crippen MR) is 93.7 cm³/mol. The predicted octanol–water partition coefficient (Wildman–Crippen LogP) is 3.70. The van der Waals surface area contributed by atoms with E-state index in [0.717, 1.165) is 22.9 Å². The minimum absolute atomic E-state index is 0.474. The molecule has 26 heavy (non-hydrogen) atoms. The van der Waals surface area contributed by atoms with Crippen molar-refractivity contribution >= 4 is 11.8 Å². The lowest BCUT2D eigenvalue weighted by molar-refractivity contribution is -0.137. The van der Waals surface area contributed by atoms with Crippen molar-refractivity contribution in [2.75, 3.05) is 19.3 Å². The summed E-state index contributed by atoms with van der Waals surface area (Å²) in [5, 5.41) is 11.6. The van der Waals surface area contributed by atoms with Crippen LogP contribution in [0.15, 0.2) is 41.8 Å². The second kappa shape index (κ2) is 7.54. The third-order valence-corrected chi connectivity index (χ3v) is 5.28. The van der Waals surface area contributed by atoms with Crippen LogP contribution in [0.25, 0.3) is 0 Å². The van der Waals surface area contributed by atoms with Crippen molar-refractivity contribution in [1.29, 1.82) is 0 Å². The van der Waals surface area contributed by atoms with Gasteiger partial charge >= 0.3 is 6.18 Å². The average molecular weight is 383 g/mol. The molecule has 2 aromatic rings. The molecule has 8 heteroatoms. The van der Waals surface area contributed by atoms with E-state index in [0.29, 0.717) is 38.0 Å². The molecule has 4 nitrogen and oxygen atoms in total. The van der Waals surface area contributed by atoms with Gasteiger partial charge in [0.05, 0.1) is 11.2 Å². The van der Waals surface area contributed by atoms with Crippen LogP contribution in [0.1, 0.15) is 29.5 Å². The fourth-order valence-electron chi connectivity index (χ4n) is 3.13. The molecule has 0 bridgehead atoms. The molecule has 0 radical (unpaired) electrons. The van der Waals surface area contributed by atoms with Crippen LogP contribution in [0.2, 0.25) is 0 Å². The highest BCUT2D eigenvalue weighted by atomic mass is 32.2. The molecule has 0 saturated carbocycles. The van der Waals surface area contributed by atoms with E-state index in [1.165, 1.54) is 23.9 Å². The second-order valence-electron chi connectivity index (χ2n) is 6.46. The number of likely N-dealkylation sites (tertiary alicyclic amines) is 1. The van der Waals surface area contributed by atoms with Gasteiger partial charge in [-0.3, -0.25) is 4.90 Å². The van der Waals surface area contributed by atoms with Crippen molar-refractivity contribution in [2.24, 2.45) is 0 Å². The lowest BCUT2D eigenvalue weighted by Gasteiger charge is -2.38. The first-order valence-corrected chi connectivity index (χ1v) is 9.50. The summed E-state index contributed by atoms with van der Waals surface area (Å²) in [6, 6.07) is 4.83. The van der Waals surface area contributed by atoms with E-state index >= 15 is 0 Å². The Bertz CT molecular complexity index is 727. The van der Waals surface area contributed by atoms with Gasteiger partial charge in [-0.25, -0.2) is 9.97 Å². The quantitative estimate of drug-likeness (QED) is 0.644. The van der Waals surface area contributed by atoms with E-state index in [1.807, 2.05) is 6.26 Å². The summed E-state index contributed by atoms with van der Waals surface area (Å²) in [5.41, 5.74) is -0.239. The Morgan fingerprint density at radius 2 is 1.69 bits per heavy atom. The normalized spacial score (nSPS) is 18.0. The van der Waals surface area contributed by atoms with E-state index in [2.05, 4.69) is 14.9 Å². The van der Waals surface area contributed by atoms with Crippen molar-refractivity contribution < 1.29 is 18.3 Å². The van der Waals surface area contributed by atoms with Crippen LogP contribution >= 0.6 is 11.8 Å². The number of alkyl halides is 3. The number of aliphatic hydroxyl groups is 1. The minimum atomic E-state index is -4.36. The Kier molecular flexibility index (Phi) is 5.55. The molecule has 0 amide bonds. The Morgan fingerprint density at radius 1 is 1.12 bits per heavy atom. The van der Waals surface area contributed by atoms with Gasteiger partial charge in [-0.05, 0) is 36.8 Å². The summed E-state index contributed by atoms with van der Waals surface area (Å²) >= 11 is 1.48. The first-order chi connectivity index (χ1) is 12.3. The number of halogens is 3. The molecule has 1 fully saturated rings. The molecule has 0 unspecified atom stereocenters. The molecule has 140 valence electrons. The molecule has 1 aliphatic heterocycles. The van der Waals surface area contributed by atoms with Crippen molar-refractivity contribution in [3.8, 4) is 0 Å². The van der Waals surface area contributed by atoms with Crippen LogP contribution in [0.5, 0.6) is 0 Å². The van der Waals surface area contributed by atoms with Crippen molar-refractivity contribution in [3.63, 3.8) is 0 Å². The fourth-order valence-corrected chi connectivity index (χ4v) is 3.44. The molecule has 1 aromatic heterocycles. The molecule has 0 atom stereocenters. The van der Waals surface area contributed by atoms with Crippen LogP contribution in [0, 0.1) is 0 Å². The topological polar surface area (TPSA) is 49.2 Å². The van der Waals surface area contributed by atoms with E-state index in [9.17, 15) is 18.3 Å². The molecule has 0 aliphatic carbocycles. The third-order valence-electron chi connectivity index (χ3n) is 4.70. The second-order valence-corrected chi connectivity index (χ2v) is 7.23. The van der Waals surface area contributed by atoms with Gasteiger partial charge in [-0.2, -0.15) is 13.2 Å². The zero-order valence-corrected chi connectivity index (χ0v) is 15.1. The molecule has 1 saturated heterocycles. The van der Waals surface area contributed by atoms with Gasteiger partial charge in [-0.1, -0.05) is 23.9 Å². The average Bonchev–Trinajstić information content (AvgIpc) is 2.64. The van der Waals surface area contributed by atoms with Crippen LogP contribution in [-0.4, -0.2) is 39.3 Å². The lowest BCUT2D eigenvalue weighted by atomic mass is 9.84. The van der Waals surface area contributed by atoms with Gasteiger partial charge in [0.2, 0.25) is 0 Å². The standard InChI is InChI=1S/C18H20F3N3OS/c1-26-16-22-10-13(11-23-16)12-24-8-6-17(25,7-9-24)14-2-4-15(5-3-14)18(19,20)21/h2-5,10-11,25H,6-9,12H2,1H3. The molecular weight excluding hydrogens is 363 g/mol. The smallest absolute Gasteiger partial charge is 0.385 e. The molecule has 1 aromatic carbocycles. The molecule has 1 aliphatic rings. The Labute approximate surface area is 154 Å². The number of hydrogen-bond acceptors (Lipinski definition) is 5. The Morgan fingerprint density at radius 3 is 2.19 bits per heavy atom. The van der Waals surface area contributed by atoms with E-state index in [1.54, 1.807) is 12.4 Å². The van der Waals surface area contributed by atoms with Crippen LogP contribution in [-0.2, 0) is 18.3 Å². The number of benzene rings is 1. The highest BCUT2D eigenvalue weighted by Crippen LogP contribution is 2.35. The first kappa shape index (κ1) is 19.1. The Balaban J connectivity index is 1.61. The zero-order chi connectivity index (χ0) is 18.8. The summed E-state index contributed by atoms with van der Waals surface area (Å²) in [4.78, 5) is 10.7. The number of nitrogens with zero attached hydrogens (tertiary/aromatic N) is 3. The maximum absolute atomic E-state index is 12.7. The summed E-state index contributed by atoms with van der Waals surface area (Å²) in [5.74, 6) is 0. The number of aromatic nitrogens is 2. The largest absolute Gasteiger partial charge is 0.416 e. The van der Waals surface area contributed by atoms with Gasteiger partial charge in [0.15, 0.2) is 5.16 Å². The monoisotopic (exact) mass is 383 g/mol. The Hall–Kier alpha value is -1.64. The van der Waals surface area contributed by atoms with E-state index in [4.69, 9.17) is 0 Å². The van der Waals surface area contributed by atoms with Gasteiger partial charge < -0.3 is 5.11 Å². The number of thioether (sulfide) groups is 1. The summed E-state index contributed by atoms with van der Waals surface area (Å²) in [6.07, 6.45) is 2.11. The molecule has 1 N–H and O–H groups in total.